The molecule has 1 fully saturated rings. The van der Waals surface area contributed by atoms with Crippen LogP contribution in [0.1, 0.15) is 35.2 Å². The van der Waals surface area contributed by atoms with Gasteiger partial charge in [-0.2, -0.15) is 0 Å². The van der Waals surface area contributed by atoms with E-state index in [0.29, 0.717) is 0 Å². The van der Waals surface area contributed by atoms with Gasteiger partial charge in [0.15, 0.2) is 0 Å². The first-order valence-corrected chi connectivity index (χ1v) is 8.33. The van der Waals surface area contributed by atoms with Gasteiger partial charge in [-0.3, -0.25) is 9.69 Å². The minimum absolute atomic E-state index is 0.0159. The van der Waals surface area contributed by atoms with E-state index in [1.165, 1.54) is 0 Å². The third-order valence-corrected chi connectivity index (χ3v) is 4.98. The minimum Gasteiger partial charge on any atom is -0.508 e. The summed E-state index contributed by atoms with van der Waals surface area (Å²) in [6.45, 7) is 7.73. The van der Waals surface area contributed by atoms with E-state index in [2.05, 4.69) is 0 Å². The van der Waals surface area contributed by atoms with Crippen LogP contribution < -0.4 is 9.64 Å². The van der Waals surface area contributed by atoms with Crippen molar-refractivity contribution < 1.29 is 14.6 Å². The fourth-order valence-electron chi connectivity index (χ4n) is 3.28. The largest absolute Gasteiger partial charge is 0.508 e. The van der Waals surface area contributed by atoms with Gasteiger partial charge in [-0.15, -0.1) is 0 Å². The second-order valence-electron chi connectivity index (χ2n) is 6.46. The quantitative estimate of drug-likeness (QED) is 0.669. The van der Waals surface area contributed by atoms with Crippen molar-refractivity contribution >= 4 is 11.6 Å². The zero-order chi connectivity index (χ0) is 18.3. The van der Waals surface area contributed by atoms with Crippen LogP contribution in [0.4, 0.5) is 5.69 Å². The third kappa shape index (κ3) is 2.68. The average molecular weight is 337 g/mol. The standard InChI is InChI=1S/C21H23NO3/c1-6-17-20(15-8-7-12(2)18(23)10-15)22(21(17)24)16-9-13(3)14(4)19(11-16)25-5/h6-11,20,23H,1-5H3/b17-6+/t20-/m0/s1. The maximum absolute atomic E-state index is 12.7. The van der Waals surface area contributed by atoms with Crippen LogP contribution in [-0.4, -0.2) is 18.1 Å². The van der Waals surface area contributed by atoms with Crippen molar-refractivity contribution in [1.29, 1.82) is 0 Å². The van der Waals surface area contributed by atoms with Crippen molar-refractivity contribution in [3.05, 3.63) is 64.2 Å². The molecule has 0 spiro atoms. The first-order valence-electron chi connectivity index (χ1n) is 8.33. The van der Waals surface area contributed by atoms with E-state index >= 15 is 0 Å². The van der Waals surface area contributed by atoms with Crippen molar-refractivity contribution in [3.63, 3.8) is 0 Å². The Labute approximate surface area is 148 Å². The molecule has 0 saturated carbocycles. The van der Waals surface area contributed by atoms with Gasteiger partial charge in [-0.1, -0.05) is 18.2 Å². The summed E-state index contributed by atoms with van der Waals surface area (Å²) in [6, 6.07) is 9.27. The van der Waals surface area contributed by atoms with Gasteiger partial charge in [-0.05, 0) is 62.1 Å². The minimum atomic E-state index is -0.198. The van der Waals surface area contributed by atoms with Crippen molar-refractivity contribution in [2.75, 3.05) is 12.0 Å². The summed E-state index contributed by atoms with van der Waals surface area (Å²) in [5.74, 6) is 0.991. The smallest absolute Gasteiger partial charge is 0.257 e. The zero-order valence-electron chi connectivity index (χ0n) is 15.3. The maximum Gasteiger partial charge on any atom is 0.257 e. The summed E-state index contributed by atoms with van der Waals surface area (Å²) in [5.41, 5.74) is 5.39. The molecule has 1 heterocycles. The highest BCUT2D eigenvalue weighted by atomic mass is 16.5. The molecule has 1 aliphatic heterocycles. The molecule has 0 unspecified atom stereocenters. The number of rotatable bonds is 3. The number of anilines is 1. The molecule has 0 aliphatic carbocycles. The Hall–Kier alpha value is -2.75. The average Bonchev–Trinajstić information content (AvgIpc) is 2.58. The van der Waals surface area contributed by atoms with Crippen molar-refractivity contribution in [1.82, 2.24) is 0 Å². The van der Waals surface area contributed by atoms with Crippen LogP contribution in [0, 0.1) is 20.8 Å². The Morgan fingerprint density at radius 3 is 2.44 bits per heavy atom. The van der Waals surface area contributed by atoms with Gasteiger partial charge in [-0.25, -0.2) is 0 Å². The maximum atomic E-state index is 12.7. The van der Waals surface area contributed by atoms with Crippen LogP contribution in [0.15, 0.2) is 42.0 Å². The molecule has 1 saturated heterocycles. The fraction of sp³-hybridized carbons (Fsp3) is 0.286. The highest BCUT2D eigenvalue weighted by Gasteiger charge is 2.43. The van der Waals surface area contributed by atoms with Crippen LogP contribution in [-0.2, 0) is 4.79 Å². The topological polar surface area (TPSA) is 49.8 Å². The van der Waals surface area contributed by atoms with Gasteiger partial charge in [0.05, 0.1) is 13.2 Å². The molecule has 130 valence electrons. The summed E-state index contributed by atoms with van der Waals surface area (Å²) in [6.07, 6.45) is 1.85. The lowest BCUT2D eigenvalue weighted by molar-refractivity contribution is -0.119. The first-order chi connectivity index (χ1) is 11.9. The summed E-state index contributed by atoms with van der Waals surface area (Å²) >= 11 is 0. The first kappa shape index (κ1) is 17.1. The monoisotopic (exact) mass is 337 g/mol. The molecule has 4 heteroatoms. The molecule has 0 radical (unpaired) electrons. The Bertz CT molecular complexity index is 883. The van der Waals surface area contributed by atoms with Crippen molar-refractivity contribution in [3.8, 4) is 11.5 Å². The second-order valence-corrected chi connectivity index (χ2v) is 6.46. The van der Waals surface area contributed by atoms with E-state index in [-0.39, 0.29) is 17.7 Å². The molecule has 1 aliphatic rings. The SMILES string of the molecule is C/C=C1/C(=O)N(c2cc(C)c(C)c(OC)c2)[C@H]1c1ccc(C)c(O)c1. The molecule has 25 heavy (non-hydrogen) atoms. The molecule has 1 atom stereocenters. The summed E-state index contributed by atoms with van der Waals surface area (Å²) in [7, 11) is 1.64. The number of aromatic hydroxyl groups is 1. The van der Waals surface area contributed by atoms with Crippen LogP contribution in [0.3, 0.4) is 0 Å². The Kier molecular flexibility index (Phi) is 4.29. The predicted octanol–water partition coefficient (Wildman–Crippen LogP) is 4.36. The molecule has 1 amide bonds. The van der Waals surface area contributed by atoms with E-state index in [9.17, 15) is 9.90 Å². The zero-order valence-corrected chi connectivity index (χ0v) is 15.3. The molecule has 0 bridgehead atoms. The van der Waals surface area contributed by atoms with E-state index in [4.69, 9.17) is 4.74 Å². The summed E-state index contributed by atoms with van der Waals surface area (Å²) < 4.78 is 5.46. The van der Waals surface area contributed by atoms with Gasteiger partial charge in [0.1, 0.15) is 11.5 Å². The van der Waals surface area contributed by atoms with Crippen molar-refractivity contribution in [2.24, 2.45) is 0 Å². The van der Waals surface area contributed by atoms with Gasteiger partial charge in [0.25, 0.3) is 5.91 Å². The lowest BCUT2D eigenvalue weighted by atomic mass is 9.86. The summed E-state index contributed by atoms with van der Waals surface area (Å²) in [5, 5.41) is 10.1. The second kappa shape index (κ2) is 6.28. The van der Waals surface area contributed by atoms with Gasteiger partial charge >= 0.3 is 0 Å². The number of benzene rings is 2. The Morgan fingerprint density at radius 2 is 1.84 bits per heavy atom. The number of carbonyl (C=O) groups excluding carboxylic acids is 1. The molecule has 1 N–H and O–H groups in total. The number of nitrogens with zero attached hydrogens (tertiary/aromatic N) is 1. The van der Waals surface area contributed by atoms with E-state index in [1.807, 2.05) is 58.0 Å². The lowest BCUT2D eigenvalue weighted by Crippen LogP contribution is -2.49. The number of β-lactam (4-membered cyclic amide) rings is 1. The number of phenolic OH excluding ortho intramolecular Hbond substituents is 1. The van der Waals surface area contributed by atoms with Gasteiger partial charge < -0.3 is 9.84 Å². The van der Waals surface area contributed by atoms with Crippen LogP contribution >= 0.6 is 0 Å². The molecular formula is C21H23NO3. The number of phenols is 1. The predicted molar refractivity (Wildman–Crippen MR) is 99.3 cm³/mol. The van der Waals surface area contributed by atoms with Crippen LogP contribution in [0.5, 0.6) is 11.5 Å². The number of ether oxygens (including phenoxy) is 1. The number of aryl methyl sites for hydroxylation is 2. The van der Waals surface area contributed by atoms with E-state index in [0.717, 1.165) is 39.3 Å². The van der Waals surface area contributed by atoms with Crippen LogP contribution in [0.25, 0.3) is 0 Å². The lowest BCUT2D eigenvalue weighted by Gasteiger charge is -2.43. The highest BCUT2D eigenvalue weighted by molar-refractivity contribution is 6.15. The van der Waals surface area contributed by atoms with Crippen molar-refractivity contribution in [2.45, 2.75) is 33.7 Å². The number of allylic oxidation sites excluding steroid dienone is 1. The van der Waals surface area contributed by atoms with Gasteiger partial charge in [0, 0.05) is 17.3 Å². The number of hydrogen-bond acceptors (Lipinski definition) is 3. The molecule has 4 nitrogen and oxygen atoms in total. The highest BCUT2D eigenvalue weighted by Crippen LogP contribution is 2.45. The molecule has 3 rings (SSSR count). The van der Waals surface area contributed by atoms with E-state index < -0.39 is 0 Å². The number of amides is 1. The number of carbonyl (C=O) groups is 1. The third-order valence-electron chi connectivity index (χ3n) is 4.98. The number of hydrogen-bond donors (Lipinski definition) is 1. The molecule has 2 aromatic rings. The van der Waals surface area contributed by atoms with Gasteiger partial charge in [0.2, 0.25) is 0 Å². The molecular weight excluding hydrogens is 314 g/mol. The fourth-order valence-corrected chi connectivity index (χ4v) is 3.28. The van der Waals surface area contributed by atoms with E-state index in [1.54, 1.807) is 18.1 Å². The Morgan fingerprint density at radius 1 is 1.12 bits per heavy atom. The van der Waals surface area contributed by atoms with Crippen LogP contribution in [0.2, 0.25) is 0 Å². The number of methoxy groups -OCH3 is 1. The summed E-state index contributed by atoms with van der Waals surface area (Å²) in [4.78, 5) is 14.4. The molecule has 0 aromatic heterocycles. The molecule has 2 aromatic carbocycles. The Balaban J connectivity index is 2.10. The normalized spacial score (nSPS) is 18.4.